The van der Waals surface area contributed by atoms with E-state index >= 15 is 0 Å². The van der Waals surface area contributed by atoms with E-state index in [-0.39, 0.29) is 5.69 Å². The summed E-state index contributed by atoms with van der Waals surface area (Å²) in [5.74, 6) is 0. The Hall–Kier alpha value is -1.90. The van der Waals surface area contributed by atoms with Gasteiger partial charge in [0.2, 0.25) is 0 Å². The Morgan fingerprint density at radius 2 is 2.46 bits per heavy atom. The lowest BCUT2D eigenvalue weighted by Crippen LogP contribution is -2.06. The maximum Gasteiger partial charge on any atom is 0.311 e. The highest BCUT2D eigenvalue weighted by Crippen LogP contribution is 2.49. The lowest BCUT2D eigenvalue weighted by Gasteiger charge is -1.99. The zero-order valence-corrected chi connectivity index (χ0v) is 6.65. The van der Waals surface area contributed by atoms with Crippen molar-refractivity contribution in [2.45, 2.75) is 18.3 Å². The number of aromatic amines is 1. The summed E-state index contributed by atoms with van der Waals surface area (Å²) in [7, 11) is 0. The lowest BCUT2D eigenvalue weighted by atomic mass is 10.0. The first-order valence-corrected chi connectivity index (χ1v) is 3.79. The Kier molecular flexibility index (Phi) is 1.36. The molecule has 0 spiro atoms. The Labute approximate surface area is 73.3 Å². The van der Waals surface area contributed by atoms with Crippen molar-refractivity contribution in [1.82, 2.24) is 10.2 Å². The number of H-pyrrole nitrogens is 1. The van der Waals surface area contributed by atoms with Crippen molar-refractivity contribution >= 4 is 5.69 Å². The average Bonchev–Trinajstić information content (AvgIpc) is 2.74. The summed E-state index contributed by atoms with van der Waals surface area (Å²) in [6.07, 6.45) is 2.49. The monoisotopic (exact) mass is 178 g/mol. The second-order valence-corrected chi connectivity index (χ2v) is 3.08. The van der Waals surface area contributed by atoms with Crippen LogP contribution in [-0.2, 0) is 5.41 Å². The Bertz CT molecular complexity index is 399. The molecular formula is C7H6N4O2. The number of nitrogens with zero attached hydrogens (tertiary/aromatic N) is 3. The summed E-state index contributed by atoms with van der Waals surface area (Å²) < 4.78 is 0. The first kappa shape index (κ1) is 7.73. The molecule has 1 fully saturated rings. The number of aromatic nitrogens is 2. The third kappa shape index (κ3) is 0.973. The van der Waals surface area contributed by atoms with E-state index in [9.17, 15) is 10.1 Å². The molecule has 1 aromatic heterocycles. The van der Waals surface area contributed by atoms with E-state index in [1.54, 1.807) is 0 Å². The second kappa shape index (κ2) is 2.29. The molecule has 0 aliphatic heterocycles. The Morgan fingerprint density at radius 1 is 1.77 bits per heavy atom. The summed E-state index contributed by atoms with van der Waals surface area (Å²) in [5, 5.41) is 25.4. The molecule has 0 radical (unpaired) electrons. The van der Waals surface area contributed by atoms with Crippen LogP contribution in [0.5, 0.6) is 0 Å². The molecule has 66 valence electrons. The predicted molar refractivity (Wildman–Crippen MR) is 41.8 cm³/mol. The van der Waals surface area contributed by atoms with Crippen LogP contribution in [0.4, 0.5) is 5.69 Å². The van der Waals surface area contributed by atoms with Gasteiger partial charge in [-0.25, -0.2) is 0 Å². The Balaban J connectivity index is 2.48. The fraction of sp³-hybridized carbons (Fsp3) is 0.429. The van der Waals surface area contributed by atoms with Gasteiger partial charge in [0.1, 0.15) is 17.3 Å². The van der Waals surface area contributed by atoms with Crippen LogP contribution in [0.25, 0.3) is 0 Å². The molecule has 0 amide bonds. The Morgan fingerprint density at radius 3 is 2.92 bits per heavy atom. The van der Waals surface area contributed by atoms with Crippen molar-refractivity contribution in [3.05, 3.63) is 22.0 Å². The fourth-order valence-electron chi connectivity index (χ4n) is 1.31. The minimum absolute atomic E-state index is 0.0842. The number of hydrogen-bond donors (Lipinski definition) is 1. The first-order chi connectivity index (χ1) is 6.19. The number of rotatable bonds is 2. The zero-order valence-electron chi connectivity index (χ0n) is 6.65. The van der Waals surface area contributed by atoms with Crippen LogP contribution in [0.3, 0.4) is 0 Å². The molecule has 2 rings (SSSR count). The highest BCUT2D eigenvalue weighted by Gasteiger charge is 2.50. The summed E-state index contributed by atoms with van der Waals surface area (Å²) in [6, 6.07) is 2.07. The molecule has 13 heavy (non-hydrogen) atoms. The standard InChI is InChI=1S/C7H6N4O2/c8-4-7(1-2-7)6-5(11(12)13)3-9-10-6/h3H,1-2H2,(H,9,10). The minimum Gasteiger partial charge on any atom is -0.274 e. The first-order valence-electron chi connectivity index (χ1n) is 3.79. The number of hydrogen-bond acceptors (Lipinski definition) is 4. The molecule has 1 heterocycles. The van der Waals surface area contributed by atoms with E-state index in [1.165, 1.54) is 0 Å². The van der Waals surface area contributed by atoms with E-state index in [2.05, 4.69) is 16.3 Å². The van der Waals surface area contributed by atoms with E-state index in [1.807, 2.05) is 0 Å². The molecule has 1 saturated carbocycles. The van der Waals surface area contributed by atoms with Crippen molar-refractivity contribution in [3.63, 3.8) is 0 Å². The molecule has 1 aliphatic carbocycles. The average molecular weight is 178 g/mol. The zero-order chi connectivity index (χ0) is 9.47. The van der Waals surface area contributed by atoms with Crippen LogP contribution in [0.2, 0.25) is 0 Å². The lowest BCUT2D eigenvalue weighted by molar-refractivity contribution is -0.385. The summed E-state index contributed by atoms with van der Waals surface area (Å²) in [6.45, 7) is 0. The SMILES string of the molecule is N#CC1(c2[nH]ncc2[N+](=O)[O-])CC1. The van der Waals surface area contributed by atoms with Crippen LogP contribution in [0.15, 0.2) is 6.20 Å². The van der Waals surface area contributed by atoms with E-state index < -0.39 is 10.3 Å². The molecule has 0 saturated heterocycles. The fourth-order valence-corrected chi connectivity index (χ4v) is 1.31. The van der Waals surface area contributed by atoms with Gasteiger partial charge in [0.15, 0.2) is 0 Å². The molecule has 0 aromatic carbocycles. The number of nitrogens with one attached hydrogen (secondary N) is 1. The van der Waals surface area contributed by atoms with Gasteiger partial charge >= 0.3 is 5.69 Å². The molecule has 0 bridgehead atoms. The highest BCUT2D eigenvalue weighted by molar-refractivity contribution is 5.46. The van der Waals surface area contributed by atoms with Crippen molar-refractivity contribution < 1.29 is 4.92 Å². The summed E-state index contributed by atoms with van der Waals surface area (Å²) >= 11 is 0. The molecule has 6 nitrogen and oxygen atoms in total. The van der Waals surface area contributed by atoms with Crippen LogP contribution >= 0.6 is 0 Å². The third-order valence-corrected chi connectivity index (χ3v) is 2.26. The molecule has 0 unspecified atom stereocenters. The van der Waals surface area contributed by atoms with Crippen molar-refractivity contribution in [2.24, 2.45) is 0 Å². The van der Waals surface area contributed by atoms with Crippen LogP contribution < -0.4 is 0 Å². The number of nitriles is 1. The van der Waals surface area contributed by atoms with Gasteiger partial charge in [-0.1, -0.05) is 0 Å². The van der Waals surface area contributed by atoms with E-state index in [0.717, 1.165) is 6.20 Å². The van der Waals surface area contributed by atoms with Crippen LogP contribution in [0, 0.1) is 21.4 Å². The predicted octanol–water partition coefficient (Wildman–Crippen LogP) is 0.873. The quantitative estimate of drug-likeness (QED) is 0.536. The van der Waals surface area contributed by atoms with Gasteiger partial charge in [0, 0.05) is 0 Å². The largest absolute Gasteiger partial charge is 0.311 e. The summed E-state index contributed by atoms with van der Waals surface area (Å²) in [4.78, 5) is 9.99. The molecular weight excluding hydrogens is 172 g/mol. The second-order valence-electron chi connectivity index (χ2n) is 3.08. The highest BCUT2D eigenvalue weighted by atomic mass is 16.6. The maximum atomic E-state index is 10.5. The third-order valence-electron chi connectivity index (χ3n) is 2.26. The van der Waals surface area contributed by atoms with Crippen molar-refractivity contribution in [1.29, 1.82) is 5.26 Å². The van der Waals surface area contributed by atoms with E-state index in [4.69, 9.17) is 5.26 Å². The van der Waals surface area contributed by atoms with Gasteiger partial charge in [0.25, 0.3) is 0 Å². The molecule has 6 heteroatoms. The van der Waals surface area contributed by atoms with Gasteiger partial charge in [-0.2, -0.15) is 10.4 Å². The van der Waals surface area contributed by atoms with Gasteiger partial charge in [-0.15, -0.1) is 0 Å². The van der Waals surface area contributed by atoms with Gasteiger partial charge in [0.05, 0.1) is 11.0 Å². The molecule has 1 N–H and O–H groups in total. The molecule has 1 aromatic rings. The van der Waals surface area contributed by atoms with E-state index in [0.29, 0.717) is 18.5 Å². The van der Waals surface area contributed by atoms with Crippen LogP contribution in [0.1, 0.15) is 18.5 Å². The van der Waals surface area contributed by atoms with Crippen molar-refractivity contribution in [3.8, 4) is 6.07 Å². The summed E-state index contributed by atoms with van der Waals surface area (Å²) in [5.41, 5.74) is -0.405. The van der Waals surface area contributed by atoms with Crippen molar-refractivity contribution in [2.75, 3.05) is 0 Å². The van der Waals surface area contributed by atoms with Gasteiger partial charge < -0.3 is 0 Å². The maximum absolute atomic E-state index is 10.5. The molecule has 0 atom stereocenters. The topological polar surface area (TPSA) is 95.6 Å². The van der Waals surface area contributed by atoms with Crippen LogP contribution in [-0.4, -0.2) is 15.1 Å². The smallest absolute Gasteiger partial charge is 0.274 e. The number of nitro groups is 1. The normalized spacial score (nSPS) is 17.8. The van der Waals surface area contributed by atoms with Gasteiger partial charge in [-0.05, 0) is 12.8 Å². The molecule has 1 aliphatic rings. The minimum atomic E-state index is -0.668. The van der Waals surface area contributed by atoms with Gasteiger partial charge in [-0.3, -0.25) is 15.2 Å².